The van der Waals surface area contributed by atoms with Crippen molar-refractivity contribution in [2.24, 2.45) is 0 Å². The number of rotatable bonds is 9. The fourth-order valence-electron chi connectivity index (χ4n) is 4.77. The van der Waals surface area contributed by atoms with Crippen LogP contribution in [0, 0.1) is 0 Å². The van der Waals surface area contributed by atoms with E-state index in [1.165, 1.54) is 16.7 Å². The van der Waals surface area contributed by atoms with Crippen molar-refractivity contribution in [1.29, 1.82) is 0 Å². The Kier molecular flexibility index (Phi) is 9.87. The minimum atomic E-state index is -1.15. The van der Waals surface area contributed by atoms with E-state index in [2.05, 4.69) is 24.3 Å². The molecule has 1 aliphatic heterocycles. The number of benzene rings is 4. The molecule has 0 bridgehead atoms. The fraction of sp³-hybridized carbons (Fsp3) is 0.188. The number of Topliss-reactive ketones (excluding diaryl/α,β-unsaturated/α-hetero) is 1. The SMILES string of the molecule is O=C(CCCc1ccccc1-c1ccccc1)c1ccc(Oc2cc3c(cc2Cl)C(C(=O)[O-])CCO3)cc1.[Na+]. The largest absolute Gasteiger partial charge is 1.00 e. The van der Waals surface area contributed by atoms with Crippen LogP contribution in [-0.4, -0.2) is 18.4 Å². The molecule has 192 valence electrons. The molecule has 0 aliphatic carbocycles. The first-order valence-corrected chi connectivity index (χ1v) is 13.0. The maximum absolute atomic E-state index is 12.8. The van der Waals surface area contributed by atoms with Crippen molar-refractivity contribution >= 4 is 23.4 Å². The third-order valence-corrected chi connectivity index (χ3v) is 7.04. The zero-order valence-electron chi connectivity index (χ0n) is 21.7. The van der Waals surface area contributed by atoms with Gasteiger partial charge in [-0.3, -0.25) is 4.79 Å². The number of carboxylic acids is 1. The first-order valence-electron chi connectivity index (χ1n) is 12.6. The summed E-state index contributed by atoms with van der Waals surface area (Å²) in [7, 11) is 0. The summed E-state index contributed by atoms with van der Waals surface area (Å²) in [6, 6.07) is 28.6. The number of carboxylic acid groups (broad SMARTS) is 1. The molecule has 0 radical (unpaired) electrons. The number of hydrogen-bond donors (Lipinski definition) is 0. The molecule has 0 aromatic heterocycles. The Labute approximate surface area is 255 Å². The maximum Gasteiger partial charge on any atom is 1.00 e. The van der Waals surface area contributed by atoms with Crippen LogP contribution in [-0.2, 0) is 11.2 Å². The number of carbonyl (C=O) groups is 2. The Morgan fingerprint density at radius 3 is 2.41 bits per heavy atom. The Morgan fingerprint density at radius 1 is 0.949 bits per heavy atom. The Bertz CT molecular complexity index is 1450. The van der Waals surface area contributed by atoms with Gasteiger partial charge in [0.2, 0.25) is 0 Å². The van der Waals surface area contributed by atoms with Crippen LogP contribution in [0.3, 0.4) is 0 Å². The molecule has 1 heterocycles. The van der Waals surface area contributed by atoms with Crippen LogP contribution in [0.1, 0.15) is 46.7 Å². The molecule has 1 atom stereocenters. The van der Waals surface area contributed by atoms with Gasteiger partial charge >= 0.3 is 29.6 Å². The Balaban J connectivity index is 0.00000353. The Morgan fingerprint density at radius 2 is 1.67 bits per heavy atom. The van der Waals surface area contributed by atoms with E-state index in [4.69, 9.17) is 21.1 Å². The number of halogens is 1. The van der Waals surface area contributed by atoms with Gasteiger partial charge in [0.05, 0.1) is 11.6 Å². The van der Waals surface area contributed by atoms with Gasteiger partial charge in [-0.15, -0.1) is 0 Å². The molecule has 5 rings (SSSR count). The van der Waals surface area contributed by atoms with E-state index in [1.54, 1.807) is 36.4 Å². The standard InChI is InChI=1S/C32H27ClO5.Na/c33-28-19-27-26(32(35)36)17-18-37-30(27)20-31(28)38-24-15-13-23(14-16-24)29(34)12-6-10-22-9-4-5-11-25(22)21-7-2-1-3-8-21;/h1-5,7-9,11,13-16,19-20,26H,6,10,12,17-18H2,(H,35,36);/q;+1/p-1. The summed E-state index contributed by atoms with van der Waals surface area (Å²) in [5.74, 6) is -0.567. The van der Waals surface area contributed by atoms with E-state index in [9.17, 15) is 14.7 Å². The van der Waals surface area contributed by atoms with Crippen LogP contribution in [0.2, 0.25) is 5.02 Å². The summed E-state index contributed by atoms with van der Waals surface area (Å²) < 4.78 is 11.5. The van der Waals surface area contributed by atoms with Gasteiger partial charge in [-0.1, -0.05) is 66.2 Å². The number of aryl methyl sites for hydroxylation is 1. The molecule has 7 heteroatoms. The van der Waals surface area contributed by atoms with Gasteiger partial charge in [-0.25, -0.2) is 0 Å². The molecule has 0 spiro atoms. The molecule has 0 saturated heterocycles. The summed E-state index contributed by atoms with van der Waals surface area (Å²) in [4.78, 5) is 24.3. The third-order valence-electron chi connectivity index (χ3n) is 6.74. The molecular weight excluding hydrogens is 523 g/mol. The molecule has 4 aromatic carbocycles. The number of hydrogen-bond acceptors (Lipinski definition) is 5. The molecule has 1 aliphatic rings. The van der Waals surface area contributed by atoms with Crippen molar-refractivity contribution < 1.29 is 53.7 Å². The average Bonchev–Trinajstić information content (AvgIpc) is 2.94. The monoisotopic (exact) mass is 548 g/mol. The van der Waals surface area contributed by atoms with Gasteiger partial charge in [0.25, 0.3) is 0 Å². The van der Waals surface area contributed by atoms with Crippen LogP contribution in [0.4, 0.5) is 0 Å². The molecule has 0 saturated carbocycles. The maximum atomic E-state index is 12.8. The smallest absolute Gasteiger partial charge is 0.549 e. The molecule has 39 heavy (non-hydrogen) atoms. The second-order valence-electron chi connectivity index (χ2n) is 9.26. The first kappa shape index (κ1) is 28.9. The van der Waals surface area contributed by atoms with E-state index < -0.39 is 11.9 Å². The average molecular weight is 549 g/mol. The van der Waals surface area contributed by atoms with E-state index in [0.717, 1.165) is 12.8 Å². The summed E-state index contributed by atoms with van der Waals surface area (Å²) >= 11 is 6.37. The van der Waals surface area contributed by atoms with Crippen LogP contribution in [0.15, 0.2) is 91.0 Å². The van der Waals surface area contributed by atoms with Crippen LogP contribution < -0.4 is 44.1 Å². The predicted octanol–water partition coefficient (Wildman–Crippen LogP) is 3.62. The second-order valence-corrected chi connectivity index (χ2v) is 9.66. The van der Waals surface area contributed by atoms with E-state index in [1.807, 2.05) is 30.3 Å². The first-order chi connectivity index (χ1) is 18.5. The van der Waals surface area contributed by atoms with Crippen molar-refractivity contribution in [2.75, 3.05) is 6.61 Å². The minimum absolute atomic E-state index is 0. The quantitative estimate of drug-likeness (QED) is 0.236. The summed E-state index contributed by atoms with van der Waals surface area (Å²) in [5, 5.41) is 11.7. The Hall–Kier alpha value is -3.09. The van der Waals surface area contributed by atoms with Gasteiger partial charge < -0.3 is 19.4 Å². The number of fused-ring (bicyclic) bond motifs is 1. The zero-order valence-corrected chi connectivity index (χ0v) is 24.4. The van der Waals surface area contributed by atoms with Gasteiger partial charge in [0.15, 0.2) is 5.78 Å². The van der Waals surface area contributed by atoms with Crippen molar-refractivity contribution in [3.8, 4) is 28.4 Å². The molecule has 0 amide bonds. The number of ketones is 1. The number of carbonyl (C=O) groups excluding carboxylic acids is 2. The van der Waals surface area contributed by atoms with Crippen molar-refractivity contribution in [3.05, 3.63) is 113 Å². The fourth-order valence-corrected chi connectivity index (χ4v) is 4.98. The van der Waals surface area contributed by atoms with Crippen LogP contribution in [0.5, 0.6) is 17.2 Å². The van der Waals surface area contributed by atoms with Crippen molar-refractivity contribution in [1.82, 2.24) is 0 Å². The topological polar surface area (TPSA) is 75.7 Å². The van der Waals surface area contributed by atoms with E-state index >= 15 is 0 Å². The predicted molar refractivity (Wildman–Crippen MR) is 145 cm³/mol. The van der Waals surface area contributed by atoms with Gasteiger partial charge in [0, 0.05) is 35.5 Å². The van der Waals surface area contributed by atoms with E-state index in [-0.39, 0.29) is 47.0 Å². The zero-order chi connectivity index (χ0) is 26.5. The van der Waals surface area contributed by atoms with Gasteiger partial charge in [-0.2, -0.15) is 0 Å². The summed E-state index contributed by atoms with van der Waals surface area (Å²) in [5.41, 5.74) is 4.70. The van der Waals surface area contributed by atoms with Gasteiger partial charge in [0.1, 0.15) is 17.2 Å². The van der Waals surface area contributed by atoms with Crippen LogP contribution >= 0.6 is 11.6 Å². The summed E-state index contributed by atoms with van der Waals surface area (Å²) in [6.07, 6.45) is 2.34. The molecule has 5 nitrogen and oxygen atoms in total. The van der Waals surface area contributed by atoms with Crippen LogP contribution in [0.25, 0.3) is 11.1 Å². The molecule has 1 unspecified atom stereocenters. The normalized spacial score (nSPS) is 13.9. The summed E-state index contributed by atoms with van der Waals surface area (Å²) in [6.45, 7) is 0.279. The third kappa shape index (κ3) is 6.92. The molecule has 4 aromatic rings. The number of aliphatic carboxylic acids is 1. The number of ether oxygens (including phenoxy) is 2. The second kappa shape index (κ2) is 13.3. The van der Waals surface area contributed by atoms with Crippen molar-refractivity contribution in [3.63, 3.8) is 0 Å². The van der Waals surface area contributed by atoms with Crippen molar-refractivity contribution in [2.45, 2.75) is 31.6 Å². The molecular formula is C32H26ClNaO5. The molecule has 0 fully saturated rings. The van der Waals surface area contributed by atoms with E-state index in [0.29, 0.717) is 41.2 Å². The van der Waals surface area contributed by atoms with Gasteiger partial charge in [-0.05, 0) is 66.3 Å². The minimum Gasteiger partial charge on any atom is -0.549 e. The molecule has 0 N–H and O–H groups in total.